The summed E-state index contributed by atoms with van der Waals surface area (Å²) in [6, 6.07) is 0.393. The number of carbonyl (C=O) groups is 1. The molecule has 1 N–H and O–H groups in total. The lowest BCUT2D eigenvalue weighted by atomic mass is 10.2. The van der Waals surface area contributed by atoms with Crippen LogP contribution in [0.3, 0.4) is 0 Å². The molecule has 0 aliphatic carbocycles. The summed E-state index contributed by atoms with van der Waals surface area (Å²) in [5.74, 6) is 0.198. The molecule has 1 saturated heterocycles. The summed E-state index contributed by atoms with van der Waals surface area (Å²) in [4.78, 5) is 17.6. The molecule has 1 atom stereocenters. The fourth-order valence-electron chi connectivity index (χ4n) is 1.88. The number of aryl methyl sites for hydroxylation is 1. The van der Waals surface area contributed by atoms with E-state index in [0.29, 0.717) is 19.0 Å². The summed E-state index contributed by atoms with van der Waals surface area (Å²) in [6.45, 7) is 5.20. The van der Waals surface area contributed by atoms with Gasteiger partial charge in [0.05, 0.1) is 6.54 Å². The standard InChI is InChI=1S/C10H17N5O.ClH/c1-9-6-14(5-3-12-9)10(16)2-4-15-8-11-7-13-15;/h7-9,12H,2-6H2,1H3;1H/t9-;/m1./s1. The highest BCUT2D eigenvalue weighted by molar-refractivity contribution is 5.85. The highest BCUT2D eigenvalue weighted by atomic mass is 35.5. The lowest BCUT2D eigenvalue weighted by Crippen LogP contribution is -2.51. The van der Waals surface area contributed by atoms with Crippen LogP contribution in [-0.4, -0.2) is 51.2 Å². The van der Waals surface area contributed by atoms with Gasteiger partial charge >= 0.3 is 0 Å². The normalized spacial score (nSPS) is 19.8. The number of hydrogen-bond acceptors (Lipinski definition) is 4. The molecule has 0 saturated carbocycles. The van der Waals surface area contributed by atoms with Crippen molar-refractivity contribution in [2.45, 2.75) is 25.9 Å². The topological polar surface area (TPSA) is 63.1 Å². The van der Waals surface area contributed by atoms with Crippen LogP contribution < -0.4 is 5.32 Å². The summed E-state index contributed by atoms with van der Waals surface area (Å²) < 4.78 is 1.68. The molecule has 7 heteroatoms. The molecule has 0 radical (unpaired) electrons. The number of piperazine rings is 1. The van der Waals surface area contributed by atoms with Gasteiger partial charge in [0.25, 0.3) is 0 Å². The van der Waals surface area contributed by atoms with Gasteiger partial charge < -0.3 is 10.2 Å². The van der Waals surface area contributed by atoms with E-state index in [4.69, 9.17) is 0 Å². The number of amides is 1. The molecule has 96 valence electrons. The van der Waals surface area contributed by atoms with Crippen molar-refractivity contribution in [2.75, 3.05) is 19.6 Å². The first-order valence-electron chi connectivity index (χ1n) is 5.59. The van der Waals surface area contributed by atoms with E-state index in [0.717, 1.165) is 19.6 Å². The molecule has 0 bridgehead atoms. The van der Waals surface area contributed by atoms with Crippen LogP contribution in [0.15, 0.2) is 12.7 Å². The first-order valence-corrected chi connectivity index (χ1v) is 5.59. The van der Waals surface area contributed by atoms with Gasteiger partial charge in [-0.2, -0.15) is 5.10 Å². The van der Waals surface area contributed by atoms with Crippen molar-refractivity contribution in [2.24, 2.45) is 0 Å². The van der Waals surface area contributed by atoms with Gasteiger partial charge in [0, 0.05) is 32.1 Å². The van der Waals surface area contributed by atoms with Gasteiger partial charge in [-0.15, -0.1) is 12.4 Å². The van der Waals surface area contributed by atoms with Crippen molar-refractivity contribution < 1.29 is 4.79 Å². The van der Waals surface area contributed by atoms with Gasteiger partial charge in [-0.25, -0.2) is 4.98 Å². The van der Waals surface area contributed by atoms with Crippen molar-refractivity contribution >= 4 is 18.3 Å². The Morgan fingerprint density at radius 2 is 2.41 bits per heavy atom. The molecular formula is C10H18ClN5O. The third kappa shape index (κ3) is 3.98. The summed E-state index contributed by atoms with van der Waals surface area (Å²) in [7, 11) is 0. The zero-order valence-electron chi connectivity index (χ0n) is 9.87. The molecule has 1 fully saturated rings. The fraction of sp³-hybridized carbons (Fsp3) is 0.700. The molecule has 0 spiro atoms. The number of carbonyl (C=O) groups excluding carboxylic acids is 1. The summed E-state index contributed by atoms with van der Waals surface area (Å²) in [5.41, 5.74) is 0. The average Bonchev–Trinajstić information content (AvgIpc) is 2.78. The van der Waals surface area contributed by atoms with Crippen molar-refractivity contribution in [3.8, 4) is 0 Å². The molecular weight excluding hydrogens is 242 g/mol. The predicted molar refractivity (Wildman–Crippen MR) is 65.9 cm³/mol. The Kier molecular flexibility index (Phi) is 5.37. The molecule has 1 aromatic rings. The number of nitrogens with one attached hydrogen (secondary N) is 1. The molecule has 1 aliphatic heterocycles. The number of rotatable bonds is 3. The van der Waals surface area contributed by atoms with Gasteiger partial charge in [-0.3, -0.25) is 9.48 Å². The summed E-state index contributed by atoms with van der Waals surface area (Å²) in [6.07, 6.45) is 3.61. The lowest BCUT2D eigenvalue weighted by Gasteiger charge is -2.31. The van der Waals surface area contributed by atoms with Crippen LogP contribution in [0.25, 0.3) is 0 Å². The second-order valence-electron chi connectivity index (χ2n) is 4.10. The zero-order valence-corrected chi connectivity index (χ0v) is 10.7. The van der Waals surface area contributed by atoms with Crippen molar-refractivity contribution in [1.82, 2.24) is 25.0 Å². The Balaban J connectivity index is 0.00000144. The third-order valence-electron chi connectivity index (χ3n) is 2.74. The fourth-order valence-corrected chi connectivity index (χ4v) is 1.88. The molecule has 17 heavy (non-hydrogen) atoms. The van der Waals surface area contributed by atoms with E-state index in [9.17, 15) is 4.79 Å². The van der Waals surface area contributed by atoms with Crippen molar-refractivity contribution in [1.29, 1.82) is 0 Å². The minimum atomic E-state index is 0. The largest absolute Gasteiger partial charge is 0.340 e. The van der Waals surface area contributed by atoms with E-state index in [1.165, 1.54) is 6.33 Å². The predicted octanol–water partition coefficient (Wildman–Crippen LogP) is -0.0897. The minimum Gasteiger partial charge on any atom is -0.340 e. The minimum absolute atomic E-state index is 0. The molecule has 6 nitrogen and oxygen atoms in total. The molecule has 2 rings (SSSR count). The first-order chi connectivity index (χ1) is 7.75. The molecule has 2 heterocycles. The van der Waals surface area contributed by atoms with Crippen LogP contribution >= 0.6 is 12.4 Å². The molecule has 0 aromatic carbocycles. The van der Waals surface area contributed by atoms with Crippen molar-refractivity contribution in [3.05, 3.63) is 12.7 Å². The van der Waals surface area contributed by atoms with Crippen LogP contribution in [0.1, 0.15) is 13.3 Å². The van der Waals surface area contributed by atoms with Crippen molar-refractivity contribution in [3.63, 3.8) is 0 Å². The number of nitrogens with zero attached hydrogens (tertiary/aromatic N) is 4. The molecule has 0 unspecified atom stereocenters. The quantitative estimate of drug-likeness (QED) is 0.824. The van der Waals surface area contributed by atoms with Gasteiger partial charge in [0.2, 0.25) is 5.91 Å². The lowest BCUT2D eigenvalue weighted by molar-refractivity contribution is -0.132. The highest BCUT2D eigenvalue weighted by Gasteiger charge is 2.19. The third-order valence-corrected chi connectivity index (χ3v) is 2.74. The van der Waals surface area contributed by atoms with Gasteiger partial charge in [-0.05, 0) is 6.92 Å². The van der Waals surface area contributed by atoms with Gasteiger partial charge in [-0.1, -0.05) is 0 Å². The van der Waals surface area contributed by atoms with E-state index in [1.807, 2.05) is 4.90 Å². The number of aromatic nitrogens is 3. The van der Waals surface area contributed by atoms with E-state index < -0.39 is 0 Å². The van der Waals surface area contributed by atoms with Crippen LogP contribution in [-0.2, 0) is 11.3 Å². The second-order valence-corrected chi connectivity index (χ2v) is 4.10. The Morgan fingerprint density at radius 1 is 1.59 bits per heavy atom. The van der Waals surface area contributed by atoms with E-state index >= 15 is 0 Å². The SMILES string of the molecule is C[C@@H]1CN(C(=O)CCn2cncn2)CCN1.Cl. The smallest absolute Gasteiger partial charge is 0.224 e. The Bertz CT molecular complexity index is 342. The van der Waals surface area contributed by atoms with Crippen LogP contribution in [0.2, 0.25) is 0 Å². The average molecular weight is 260 g/mol. The highest BCUT2D eigenvalue weighted by Crippen LogP contribution is 2.02. The summed E-state index contributed by atoms with van der Waals surface area (Å²) in [5, 5.41) is 7.29. The molecule has 1 amide bonds. The maximum atomic E-state index is 11.9. The number of halogens is 1. The van der Waals surface area contributed by atoms with Crippen LogP contribution in [0.4, 0.5) is 0 Å². The Morgan fingerprint density at radius 3 is 3.06 bits per heavy atom. The monoisotopic (exact) mass is 259 g/mol. The van der Waals surface area contributed by atoms with Gasteiger partial charge in [0.15, 0.2) is 0 Å². The van der Waals surface area contributed by atoms with Crippen LogP contribution in [0, 0.1) is 0 Å². The van der Waals surface area contributed by atoms with E-state index in [2.05, 4.69) is 22.3 Å². The maximum Gasteiger partial charge on any atom is 0.224 e. The first kappa shape index (κ1) is 13.9. The Labute approximate surface area is 107 Å². The van der Waals surface area contributed by atoms with Gasteiger partial charge in [0.1, 0.15) is 12.7 Å². The zero-order chi connectivity index (χ0) is 11.4. The van der Waals surface area contributed by atoms with E-state index in [1.54, 1.807) is 11.0 Å². The summed E-state index contributed by atoms with van der Waals surface area (Å²) >= 11 is 0. The maximum absolute atomic E-state index is 11.9. The van der Waals surface area contributed by atoms with E-state index in [-0.39, 0.29) is 18.3 Å². The number of hydrogen-bond donors (Lipinski definition) is 1. The second kappa shape index (κ2) is 6.56. The molecule has 1 aliphatic rings. The Hall–Kier alpha value is -1.14. The van der Waals surface area contributed by atoms with Crippen LogP contribution in [0.5, 0.6) is 0 Å². The molecule has 1 aromatic heterocycles.